The lowest BCUT2D eigenvalue weighted by atomic mass is 10.1. The van der Waals surface area contributed by atoms with Gasteiger partial charge < -0.3 is 14.6 Å². The maximum Gasteiger partial charge on any atom is 0.332 e. The molecule has 2 rings (SSSR count). The van der Waals surface area contributed by atoms with Gasteiger partial charge in [0.05, 0.1) is 12.4 Å². The predicted octanol–water partition coefficient (Wildman–Crippen LogP) is 3.34. The van der Waals surface area contributed by atoms with Crippen LogP contribution in [0.1, 0.15) is 90.9 Å². The van der Waals surface area contributed by atoms with Gasteiger partial charge in [-0.05, 0) is 19.3 Å². The molecule has 9 heteroatoms. The second kappa shape index (κ2) is 14.9. The van der Waals surface area contributed by atoms with E-state index in [4.69, 9.17) is 0 Å². The maximum absolute atomic E-state index is 12.7. The van der Waals surface area contributed by atoms with Gasteiger partial charge in [-0.2, -0.15) is 0 Å². The van der Waals surface area contributed by atoms with Gasteiger partial charge in [0, 0.05) is 40.7 Å². The lowest BCUT2D eigenvalue weighted by molar-refractivity contribution is -0.130. The number of carbonyl (C=O) groups excluding carboxylic acids is 1. The Balaban J connectivity index is 1.61. The van der Waals surface area contributed by atoms with Gasteiger partial charge in [-0.25, -0.2) is 9.78 Å². The molecule has 1 atom stereocenters. The summed E-state index contributed by atoms with van der Waals surface area (Å²) in [6.07, 6.45) is 13.3. The van der Waals surface area contributed by atoms with Crippen molar-refractivity contribution in [3.05, 3.63) is 27.2 Å². The third-order valence-corrected chi connectivity index (χ3v) is 6.78. The Labute approximate surface area is 208 Å². The number of fused-ring (bicyclic) bond motifs is 1. The number of rotatable bonds is 17. The quantitative estimate of drug-likeness (QED) is 0.342. The first-order valence-corrected chi connectivity index (χ1v) is 13.3. The van der Waals surface area contributed by atoms with E-state index in [0.29, 0.717) is 24.3 Å². The summed E-state index contributed by atoms with van der Waals surface area (Å²) in [5, 5.41) is 10.3. The standard InChI is InChI=1S/C26H45N5O4/c1-5-6-7-14-17-30(21(2)32)19-22(33)16-13-11-9-8-10-12-15-18-31-25(34)23-24(27-20-28(23)3)29(4)26(31)35/h20,22,33H,5-19H2,1-4H3. The van der Waals surface area contributed by atoms with Crippen molar-refractivity contribution < 1.29 is 9.90 Å². The molecule has 0 aromatic carbocycles. The van der Waals surface area contributed by atoms with Gasteiger partial charge in [0.15, 0.2) is 11.2 Å². The zero-order valence-electron chi connectivity index (χ0n) is 22.2. The minimum absolute atomic E-state index is 0.0425. The summed E-state index contributed by atoms with van der Waals surface area (Å²) in [6.45, 7) is 5.34. The topological polar surface area (TPSA) is 102 Å². The van der Waals surface area contributed by atoms with E-state index >= 15 is 0 Å². The first-order valence-electron chi connectivity index (χ1n) is 13.3. The van der Waals surface area contributed by atoms with Crippen molar-refractivity contribution in [2.45, 2.75) is 104 Å². The Morgan fingerprint density at radius 2 is 1.63 bits per heavy atom. The number of aliphatic hydroxyl groups is 1. The SMILES string of the molecule is CCCCCCN(CC(O)CCCCCCCCCn1c(=O)c2c(ncn2C)n(C)c1=O)C(C)=O. The largest absolute Gasteiger partial charge is 0.391 e. The third-order valence-electron chi connectivity index (χ3n) is 6.78. The smallest absolute Gasteiger partial charge is 0.332 e. The van der Waals surface area contributed by atoms with Crippen LogP contribution >= 0.6 is 0 Å². The highest BCUT2D eigenvalue weighted by molar-refractivity contribution is 5.73. The molecular formula is C26H45N5O4. The fourth-order valence-corrected chi connectivity index (χ4v) is 4.58. The summed E-state index contributed by atoms with van der Waals surface area (Å²) < 4.78 is 4.42. The summed E-state index contributed by atoms with van der Waals surface area (Å²) in [7, 11) is 3.41. The van der Waals surface area contributed by atoms with Gasteiger partial charge >= 0.3 is 5.69 Å². The lowest BCUT2D eigenvalue weighted by Gasteiger charge is -2.24. The average molecular weight is 492 g/mol. The molecule has 2 aromatic heterocycles. The normalized spacial score (nSPS) is 12.4. The predicted molar refractivity (Wildman–Crippen MR) is 140 cm³/mol. The highest BCUT2D eigenvalue weighted by atomic mass is 16.3. The van der Waals surface area contributed by atoms with Gasteiger partial charge in [-0.15, -0.1) is 0 Å². The summed E-state index contributed by atoms with van der Waals surface area (Å²) in [4.78, 5) is 43.0. The van der Waals surface area contributed by atoms with Crippen molar-refractivity contribution >= 4 is 17.1 Å². The molecule has 0 bridgehead atoms. The average Bonchev–Trinajstić information content (AvgIpc) is 3.21. The van der Waals surface area contributed by atoms with Gasteiger partial charge in [0.1, 0.15) is 0 Å². The molecule has 0 aliphatic heterocycles. The molecule has 1 unspecified atom stereocenters. The summed E-state index contributed by atoms with van der Waals surface area (Å²) in [6, 6.07) is 0. The molecule has 0 radical (unpaired) electrons. The second-order valence-electron chi connectivity index (χ2n) is 9.77. The van der Waals surface area contributed by atoms with E-state index in [0.717, 1.165) is 70.8 Å². The zero-order chi connectivity index (χ0) is 25.8. The number of carbonyl (C=O) groups is 1. The van der Waals surface area contributed by atoms with Crippen molar-refractivity contribution in [1.82, 2.24) is 23.6 Å². The molecule has 0 saturated heterocycles. The molecule has 0 aliphatic rings. The Hall–Kier alpha value is -2.42. The van der Waals surface area contributed by atoms with Crippen molar-refractivity contribution in [2.24, 2.45) is 14.1 Å². The van der Waals surface area contributed by atoms with Crippen molar-refractivity contribution in [1.29, 1.82) is 0 Å². The molecule has 2 aromatic rings. The summed E-state index contributed by atoms with van der Waals surface area (Å²) in [5.41, 5.74) is 0.289. The Kier molecular flexibility index (Phi) is 12.2. The minimum atomic E-state index is -0.456. The van der Waals surface area contributed by atoms with Crippen molar-refractivity contribution in [3.63, 3.8) is 0 Å². The number of hydrogen-bond donors (Lipinski definition) is 1. The second-order valence-corrected chi connectivity index (χ2v) is 9.77. The summed E-state index contributed by atoms with van der Waals surface area (Å²) in [5.74, 6) is 0.0425. The molecule has 1 amide bonds. The molecule has 0 saturated carbocycles. The van der Waals surface area contributed by atoms with Crippen LogP contribution < -0.4 is 11.2 Å². The van der Waals surface area contributed by atoms with Crippen LogP contribution in [0.15, 0.2) is 15.9 Å². The number of aromatic nitrogens is 4. The molecule has 0 fully saturated rings. The summed E-state index contributed by atoms with van der Waals surface area (Å²) >= 11 is 0. The molecule has 0 aliphatic carbocycles. The van der Waals surface area contributed by atoms with Crippen molar-refractivity contribution in [3.8, 4) is 0 Å². The van der Waals surface area contributed by atoms with Crippen LogP contribution in [0, 0.1) is 0 Å². The van der Waals surface area contributed by atoms with E-state index in [-0.39, 0.29) is 17.2 Å². The Morgan fingerprint density at radius 1 is 1.00 bits per heavy atom. The van der Waals surface area contributed by atoms with Crippen LogP contribution in [-0.2, 0) is 25.4 Å². The number of nitrogens with zero attached hydrogens (tertiary/aromatic N) is 5. The van der Waals surface area contributed by atoms with Gasteiger partial charge in [-0.3, -0.25) is 18.7 Å². The Morgan fingerprint density at radius 3 is 2.29 bits per heavy atom. The third kappa shape index (κ3) is 8.63. The molecule has 0 spiro atoms. The van der Waals surface area contributed by atoms with Gasteiger partial charge in [-0.1, -0.05) is 64.7 Å². The van der Waals surface area contributed by atoms with E-state index in [1.807, 2.05) is 0 Å². The lowest BCUT2D eigenvalue weighted by Crippen LogP contribution is -2.39. The van der Waals surface area contributed by atoms with Crippen LogP contribution in [0.3, 0.4) is 0 Å². The molecule has 1 N–H and O–H groups in total. The molecule has 9 nitrogen and oxygen atoms in total. The van der Waals surface area contributed by atoms with E-state index in [2.05, 4.69) is 11.9 Å². The fourth-order valence-electron chi connectivity index (χ4n) is 4.58. The van der Waals surface area contributed by atoms with E-state index < -0.39 is 6.10 Å². The minimum Gasteiger partial charge on any atom is -0.391 e. The first kappa shape index (κ1) is 28.8. The molecular weight excluding hydrogens is 446 g/mol. The fraction of sp³-hybridized carbons (Fsp3) is 0.769. The number of aryl methyl sites for hydroxylation is 2. The molecule has 198 valence electrons. The number of hydrogen-bond acceptors (Lipinski definition) is 5. The van der Waals surface area contributed by atoms with E-state index in [1.165, 1.54) is 22.0 Å². The first-order chi connectivity index (χ1) is 16.8. The van der Waals surface area contributed by atoms with Crippen LogP contribution in [0.4, 0.5) is 0 Å². The van der Waals surface area contributed by atoms with Crippen LogP contribution in [0.2, 0.25) is 0 Å². The molecule has 35 heavy (non-hydrogen) atoms. The van der Waals surface area contributed by atoms with Crippen molar-refractivity contribution in [2.75, 3.05) is 13.1 Å². The van der Waals surface area contributed by atoms with Gasteiger partial charge in [0.2, 0.25) is 5.91 Å². The maximum atomic E-state index is 12.7. The van der Waals surface area contributed by atoms with Crippen LogP contribution in [0.5, 0.6) is 0 Å². The van der Waals surface area contributed by atoms with Crippen LogP contribution in [-0.4, -0.2) is 53.8 Å². The monoisotopic (exact) mass is 491 g/mol. The zero-order valence-corrected chi connectivity index (χ0v) is 22.2. The highest BCUT2D eigenvalue weighted by Gasteiger charge is 2.15. The number of imidazole rings is 1. The number of aliphatic hydroxyl groups excluding tert-OH is 1. The number of unbranched alkanes of at least 4 members (excludes halogenated alkanes) is 9. The Bertz CT molecular complexity index is 1040. The van der Waals surface area contributed by atoms with Gasteiger partial charge in [0.25, 0.3) is 5.56 Å². The van der Waals surface area contributed by atoms with E-state index in [1.54, 1.807) is 36.8 Å². The van der Waals surface area contributed by atoms with Crippen LogP contribution in [0.25, 0.3) is 11.2 Å². The van der Waals surface area contributed by atoms with E-state index in [9.17, 15) is 19.5 Å². The molecule has 2 heterocycles. The highest BCUT2D eigenvalue weighted by Crippen LogP contribution is 2.12. The number of amides is 1.